The van der Waals surface area contributed by atoms with Gasteiger partial charge in [0.15, 0.2) is 5.78 Å². The smallest absolute Gasteiger partial charge is 0.321 e. The number of anilines is 1. The molecule has 1 aromatic rings. The minimum absolute atomic E-state index is 0.0772. The van der Waals surface area contributed by atoms with Crippen molar-refractivity contribution >= 4 is 27.7 Å². The summed E-state index contributed by atoms with van der Waals surface area (Å²) in [5.74, 6) is -0.0772. The van der Waals surface area contributed by atoms with Gasteiger partial charge in [-0.3, -0.25) is 4.79 Å². The first-order valence-corrected chi connectivity index (χ1v) is 11.1. The number of hydrogen-bond acceptors (Lipinski definition) is 5. The van der Waals surface area contributed by atoms with E-state index in [2.05, 4.69) is 5.32 Å². The number of carbonyl (C=O) groups excluding carboxylic acids is 2. The van der Waals surface area contributed by atoms with E-state index in [9.17, 15) is 18.0 Å². The number of piperazine rings is 1. The molecule has 0 spiro atoms. The van der Waals surface area contributed by atoms with Crippen molar-refractivity contribution < 1.29 is 22.7 Å². The molecule has 1 N–H and O–H groups in total. The Morgan fingerprint density at radius 1 is 1.03 bits per heavy atom. The van der Waals surface area contributed by atoms with Gasteiger partial charge in [0.05, 0.1) is 12.2 Å². The van der Waals surface area contributed by atoms with Crippen molar-refractivity contribution in [1.29, 1.82) is 0 Å². The minimum atomic E-state index is -3.58. The first kappa shape index (κ1) is 21.7. The maximum absolute atomic E-state index is 12.9. The Hall–Kier alpha value is -2.01. The normalized spacial score (nSPS) is 24.3. The van der Waals surface area contributed by atoms with E-state index >= 15 is 0 Å². The lowest BCUT2D eigenvalue weighted by atomic mass is 10.1. The van der Waals surface area contributed by atoms with Crippen molar-refractivity contribution in [2.45, 2.75) is 33.0 Å². The van der Waals surface area contributed by atoms with Crippen molar-refractivity contribution in [3.8, 4) is 0 Å². The molecule has 0 bridgehead atoms. The Labute approximate surface area is 171 Å². The fourth-order valence-corrected chi connectivity index (χ4v) is 5.37. The zero-order valence-corrected chi connectivity index (χ0v) is 17.8. The third-order valence-corrected chi connectivity index (χ3v) is 7.05. The zero-order valence-electron chi connectivity index (χ0n) is 17.0. The Bertz CT molecular complexity index is 857. The first-order valence-electron chi connectivity index (χ1n) is 9.74. The van der Waals surface area contributed by atoms with Crippen LogP contribution in [-0.4, -0.2) is 85.2 Å². The minimum Gasteiger partial charge on any atom is -0.373 e. The Morgan fingerprint density at radius 3 is 2.24 bits per heavy atom. The van der Waals surface area contributed by atoms with Gasteiger partial charge in [-0.2, -0.15) is 17.0 Å². The molecule has 0 aromatic heterocycles. The van der Waals surface area contributed by atoms with Crippen molar-refractivity contribution in [2.75, 3.05) is 44.6 Å². The molecule has 9 nitrogen and oxygen atoms in total. The fraction of sp³-hybridized carbons (Fsp3) is 0.579. The molecule has 29 heavy (non-hydrogen) atoms. The van der Waals surface area contributed by atoms with Crippen LogP contribution in [0.4, 0.5) is 10.5 Å². The lowest BCUT2D eigenvalue weighted by molar-refractivity contribution is -0.0456. The second kappa shape index (κ2) is 8.78. The summed E-state index contributed by atoms with van der Waals surface area (Å²) in [6.45, 7) is 6.94. The van der Waals surface area contributed by atoms with Crippen molar-refractivity contribution in [1.82, 2.24) is 13.5 Å². The second-order valence-corrected chi connectivity index (χ2v) is 9.46. The number of nitrogens with zero attached hydrogens (tertiary/aromatic N) is 3. The van der Waals surface area contributed by atoms with Gasteiger partial charge in [-0.15, -0.1) is 0 Å². The van der Waals surface area contributed by atoms with Crippen LogP contribution in [-0.2, 0) is 14.9 Å². The molecule has 2 saturated heterocycles. The molecule has 2 aliphatic heterocycles. The highest BCUT2D eigenvalue weighted by atomic mass is 32.2. The summed E-state index contributed by atoms with van der Waals surface area (Å²) in [6, 6.07) is 6.43. The van der Waals surface area contributed by atoms with Crippen LogP contribution < -0.4 is 5.32 Å². The summed E-state index contributed by atoms with van der Waals surface area (Å²) in [5.41, 5.74) is 1.06. The van der Waals surface area contributed by atoms with Crippen LogP contribution in [0.1, 0.15) is 31.1 Å². The van der Waals surface area contributed by atoms with Crippen LogP contribution in [0.3, 0.4) is 0 Å². The molecule has 2 atom stereocenters. The number of ketones is 1. The van der Waals surface area contributed by atoms with E-state index in [0.29, 0.717) is 37.4 Å². The van der Waals surface area contributed by atoms with E-state index in [0.717, 1.165) is 0 Å². The molecule has 2 amide bonds. The molecule has 2 heterocycles. The predicted octanol–water partition coefficient (Wildman–Crippen LogP) is 1.39. The largest absolute Gasteiger partial charge is 0.373 e. The molecule has 0 aliphatic carbocycles. The highest BCUT2D eigenvalue weighted by molar-refractivity contribution is 7.86. The molecule has 160 valence electrons. The Balaban J connectivity index is 1.57. The van der Waals surface area contributed by atoms with Gasteiger partial charge in [0.2, 0.25) is 0 Å². The maximum atomic E-state index is 12.9. The molecule has 10 heteroatoms. The van der Waals surface area contributed by atoms with E-state index in [1.807, 2.05) is 13.8 Å². The number of morpholine rings is 1. The van der Waals surface area contributed by atoms with Gasteiger partial charge in [-0.05, 0) is 32.9 Å². The Morgan fingerprint density at radius 2 is 1.66 bits per heavy atom. The van der Waals surface area contributed by atoms with Crippen molar-refractivity contribution in [3.05, 3.63) is 29.8 Å². The average molecular weight is 425 g/mol. The fourth-order valence-electron chi connectivity index (χ4n) is 3.62. The van der Waals surface area contributed by atoms with Gasteiger partial charge >= 0.3 is 6.03 Å². The molecule has 2 unspecified atom stereocenters. The van der Waals surface area contributed by atoms with Gasteiger partial charge in [-0.1, -0.05) is 12.1 Å². The molecular weight excluding hydrogens is 396 g/mol. The number of Topliss-reactive ketones (excluding diaryl/α,β-unsaturated/α-hetero) is 1. The quantitative estimate of drug-likeness (QED) is 0.737. The van der Waals surface area contributed by atoms with E-state index < -0.39 is 10.2 Å². The average Bonchev–Trinajstić information content (AvgIpc) is 2.67. The summed E-state index contributed by atoms with van der Waals surface area (Å²) in [4.78, 5) is 25.6. The van der Waals surface area contributed by atoms with Crippen LogP contribution >= 0.6 is 0 Å². The van der Waals surface area contributed by atoms with E-state index in [4.69, 9.17) is 4.74 Å². The summed E-state index contributed by atoms with van der Waals surface area (Å²) in [5, 5.41) is 2.78. The third-order valence-electron chi connectivity index (χ3n) is 5.08. The monoisotopic (exact) mass is 424 g/mol. The molecule has 3 rings (SSSR count). The maximum Gasteiger partial charge on any atom is 0.321 e. The highest BCUT2D eigenvalue weighted by Crippen LogP contribution is 2.19. The summed E-state index contributed by atoms with van der Waals surface area (Å²) in [6.07, 6.45) is -0.294. The van der Waals surface area contributed by atoms with Crippen LogP contribution in [0.2, 0.25) is 0 Å². The van der Waals surface area contributed by atoms with Crippen molar-refractivity contribution in [3.63, 3.8) is 0 Å². The number of ether oxygens (including phenoxy) is 1. The van der Waals surface area contributed by atoms with Gasteiger partial charge in [0, 0.05) is 50.5 Å². The number of amides is 2. The van der Waals surface area contributed by atoms with E-state index in [1.54, 1.807) is 29.2 Å². The molecule has 1 aromatic carbocycles. The number of hydrogen-bond donors (Lipinski definition) is 1. The third kappa shape index (κ3) is 5.13. The van der Waals surface area contributed by atoms with Gasteiger partial charge in [0.25, 0.3) is 10.2 Å². The predicted molar refractivity (Wildman–Crippen MR) is 109 cm³/mol. The highest BCUT2D eigenvalue weighted by Gasteiger charge is 2.37. The van der Waals surface area contributed by atoms with Gasteiger partial charge < -0.3 is 15.0 Å². The SMILES string of the molecule is CC(=O)c1cccc(NC(=O)N2CCN(S(=O)(=O)N3CC(C)OC(C)C3)CC2)c1. The number of carbonyl (C=O) groups is 2. The van der Waals surface area contributed by atoms with Crippen LogP contribution in [0, 0.1) is 0 Å². The zero-order chi connectivity index (χ0) is 21.2. The lowest BCUT2D eigenvalue weighted by Gasteiger charge is -2.40. The van der Waals surface area contributed by atoms with Gasteiger partial charge in [-0.25, -0.2) is 4.79 Å². The van der Waals surface area contributed by atoms with Crippen molar-refractivity contribution in [2.24, 2.45) is 0 Å². The Kier molecular flexibility index (Phi) is 6.57. The molecule has 2 aliphatic rings. The standard InChI is InChI=1S/C19H28N4O5S/c1-14-12-23(13-15(2)28-14)29(26,27)22-9-7-21(8-10-22)19(25)20-18-6-4-5-17(11-18)16(3)24/h4-6,11,14-15H,7-10,12-13H2,1-3H3,(H,20,25). The first-order chi connectivity index (χ1) is 13.7. The topological polar surface area (TPSA) is 99.3 Å². The summed E-state index contributed by atoms with van der Waals surface area (Å²) >= 11 is 0. The molecular formula is C19H28N4O5S. The molecule has 0 radical (unpaired) electrons. The molecule has 0 saturated carbocycles. The number of nitrogens with one attached hydrogen (secondary N) is 1. The second-order valence-electron chi connectivity index (χ2n) is 7.54. The molecule has 2 fully saturated rings. The van der Waals surface area contributed by atoms with Crippen LogP contribution in [0.15, 0.2) is 24.3 Å². The number of rotatable bonds is 4. The number of benzene rings is 1. The number of urea groups is 1. The summed E-state index contributed by atoms with van der Waals surface area (Å²) in [7, 11) is -3.58. The van der Waals surface area contributed by atoms with Gasteiger partial charge in [0.1, 0.15) is 0 Å². The van der Waals surface area contributed by atoms with E-state index in [-0.39, 0.29) is 37.1 Å². The lowest BCUT2D eigenvalue weighted by Crippen LogP contribution is -2.58. The van der Waals surface area contributed by atoms with E-state index in [1.165, 1.54) is 15.5 Å². The summed E-state index contributed by atoms with van der Waals surface area (Å²) < 4.78 is 34.4. The van der Waals surface area contributed by atoms with Crippen LogP contribution in [0.5, 0.6) is 0 Å². The van der Waals surface area contributed by atoms with Crippen LogP contribution in [0.25, 0.3) is 0 Å².